The van der Waals surface area contributed by atoms with Crippen molar-refractivity contribution in [2.45, 2.75) is 32.6 Å². The zero-order chi connectivity index (χ0) is 14.7. The molecule has 0 atom stereocenters. The van der Waals surface area contributed by atoms with Gasteiger partial charge >= 0.3 is 5.97 Å². The number of fused-ring (bicyclic) bond motifs is 1. The lowest BCUT2D eigenvalue weighted by molar-refractivity contribution is 0.0526. The summed E-state index contributed by atoms with van der Waals surface area (Å²) in [6.07, 6.45) is 6.20. The molecule has 0 radical (unpaired) electrons. The second-order valence-electron chi connectivity index (χ2n) is 4.89. The van der Waals surface area contributed by atoms with Crippen molar-refractivity contribution in [2.75, 3.05) is 6.61 Å². The van der Waals surface area contributed by atoms with Gasteiger partial charge in [0.15, 0.2) is 0 Å². The number of carbonyl (C=O) groups is 1. The maximum atomic E-state index is 12.3. The number of rotatable bonds is 4. The number of hydrogen-bond acceptors (Lipinski definition) is 5. The van der Waals surface area contributed by atoms with Crippen LogP contribution in [0.15, 0.2) is 22.5 Å². The molecule has 3 rings (SSSR count). The second kappa shape index (κ2) is 6.54. The van der Waals surface area contributed by atoms with Gasteiger partial charge in [-0.25, -0.2) is 9.79 Å². The van der Waals surface area contributed by atoms with Crippen LogP contribution in [0.25, 0.3) is 0 Å². The zero-order valence-corrected chi connectivity index (χ0v) is 13.6. The third-order valence-corrected chi connectivity index (χ3v) is 5.49. The summed E-state index contributed by atoms with van der Waals surface area (Å²) in [5.41, 5.74) is 1.87. The van der Waals surface area contributed by atoms with Crippen LogP contribution in [-0.2, 0) is 17.6 Å². The average Bonchev–Trinajstić information content (AvgIpc) is 3.12. The van der Waals surface area contributed by atoms with Gasteiger partial charge in [0.05, 0.1) is 12.2 Å². The fourth-order valence-electron chi connectivity index (χ4n) is 2.54. The normalized spacial score (nSPS) is 14.3. The fraction of sp³-hybridized carbons (Fsp3) is 0.375. The first-order valence-corrected chi connectivity index (χ1v) is 8.88. The van der Waals surface area contributed by atoms with Gasteiger partial charge in [-0.05, 0) is 49.6 Å². The highest BCUT2D eigenvalue weighted by atomic mass is 32.1. The Bertz CT molecular complexity index is 656. The molecule has 21 heavy (non-hydrogen) atoms. The summed E-state index contributed by atoms with van der Waals surface area (Å²) in [5, 5.41) is 2.82. The van der Waals surface area contributed by atoms with Crippen LogP contribution in [0.3, 0.4) is 0 Å². The van der Waals surface area contributed by atoms with E-state index in [0.717, 1.165) is 29.1 Å². The molecule has 110 valence electrons. The number of ether oxygens (including phenoxy) is 1. The van der Waals surface area contributed by atoms with Crippen LogP contribution in [0.2, 0.25) is 0 Å². The molecule has 2 heterocycles. The number of nitrogens with zero attached hydrogens (tertiary/aromatic N) is 1. The van der Waals surface area contributed by atoms with Crippen molar-refractivity contribution in [2.24, 2.45) is 4.99 Å². The average molecular weight is 319 g/mol. The molecular formula is C16H17NO2S2. The van der Waals surface area contributed by atoms with Crippen LogP contribution in [-0.4, -0.2) is 18.8 Å². The molecule has 0 aliphatic heterocycles. The minimum atomic E-state index is -0.227. The van der Waals surface area contributed by atoms with Crippen molar-refractivity contribution in [3.05, 3.63) is 38.4 Å². The third kappa shape index (κ3) is 3.09. The van der Waals surface area contributed by atoms with Gasteiger partial charge in [0.25, 0.3) is 0 Å². The van der Waals surface area contributed by atoms with Crippen LogP contribution in [0.1, 0.15) is 45.4 Å². The Balaban J connectivity index is 1.98. The van der Waals surface area contributed by atoms with E-state index in [9.17, 15) is 4.79 Å². The molecular weight excluding hydrogens is 302 g/mol. The van der Waals surface area contributed by atoms with Crippen LogP contribution in [0.4, 0.5) is 5.00 Å². The largest absolute Gasteiger partial charge is 0.462 e. The molecule has 1 aliphatic rings. The molecule has 1 aliphatic carbocycles. The number of hydrogen-bond donors (Lipinski definition) is 0. The van der Waals surface area contributed by atoms with Crippen molar-refractivity contribution in [3.63, 3.8) is 0 Å². The van der Waals surface area contributed by atoms with Crippen LogP contribution in [0.5, 0.6) is 0 Å². The van der Waals surface area contributed by atoms with E-state index in [0.29, 0.717) is 12.2 Å². The van der Waals surface area contributed by atoms with Crippen molar-refractivity contribution in [1.82, 2.24) is 0 Å². The van der Waals surface area contributed by atoms with E-state index in [1.54, 1.807) is 22.7 Å². The van der Waals surface area contributed by atoms with E-state index < -0.39 is 0 Å². The van der Waals surface area contributed by atoms with E-state index in [1.807, 2.05) is 30.7 Å². The van der Waals surface area contributed by atoms with E-state index in [-0.39, 0.29) is 5.97 Å². The zero-order valence-electron chi connectivity index (χ0n) is 11.9. The predicted octanol–water partition coefficient (Wildman–Crippen LogP) is 4.62. The SMILES string of the molecule is CCOC(=O)c1c(/N=C/c2cccs2)sc2c1CCCC2. The fourth-order valence-corrected chi connectivity index (χ4v) is 4.35. The lowest BCUT2D eigenvalue weighted by atomic mass is 9.95. The summed E-state index contributed by atoms with van der Waals surface area (Å²) >= 11 is 3.28. The predicted molar refractivity (Wildman–Crippen MR) is 88.5 cm³/mol. The van der Waals surface area contributed by atoms with Gasteiger partial charge in [0.2, 0.25) is 0 Å². The molecule has 2 aromatic heterocycles. The van der Waals surface area contributed by atoms with Crippen molar-refractivity contribution < 1.29 is 9.53 Å². The quantitative estimate of drug-likeness (QED) is 0.609. The molecule has 0 saturated carbocycles. The molecule has 0 unspecified atom stereocenters. The second-order valence-corrected chi connectivity index (χ2v) is 6.95. The Hall–Kier alpha value is -1.46. The first-order valence-electron chi connectivity index (χ1n) is 7.19. The van der Waals surface area contributed by atoms with Gasteiger partial charge < -0.3 is 4.74 Å². The van der Waals surface area contributed by atoms with Crippen molar-refractivity contribution >= 4 is 39.9 Å². The summed E-state index contributed by atoms with van der Waals surface area (Å²) < 4.78 is 5.23. The summed E-state index contributed by atoms with van der Waals surface area (Å²) in [7, 11) is 0. The van der Waals surface area contributed by atoms with Crippen molar-refractivity contribution in [1.29, 1.82) is 0 Å². The van der Waals surface area contributed by atoms with Gasteiger partial charge in [0, 0.05) is 16.0 Å². The summed E-state index contributed by atoms with van der Waals surface area (Å²) in [6, 6.07) is 4.02. The molecule has 3 nitrogen and oxygen atoms in total. The smallest absolute Gasteiger partial charge is 0.341 e. The molecule has 2 aromatic rings. The van der Waals surface area contributed by atoms with Crippen LogP contribution < -0.4 is 0 Å². The minimum Gasteiger partial charge on any atom is -0.462 e. The van der Waals surface area contributed by atoms with Crippen LogP contribution in [0, 0.1) is 0 Å². The molecule has 0 bridgehead atoms. The third-order valence-electron chi connectivity index (χ3n) is 3.48. The number of esters is 1. The first kappa shape index (κ1) is 14.5. The Morgan fingerprint density at radius 2 is 2.29 bits per heavy atom. The van der Waals surface area contributed by atoms with Gasteiger partial charge in [0.1, 0.15) is 5.00 Å². The first-order chi connectivity index (χ1) is 10.3. The molecule has 0 saturated heterocycles. The number of carbonyl (C=O) groups excluding carboxylic acids is 1. The number of aliphatic imine (C=N–C) groups is 1. The highest BCUT2D eigenvalue weighted by molar-refractivity contribution is 7.16. The van der Waals surface area contributed by atoms with E-state index in [1.165, 1.54) is 16.9 Å². The topological polar surface area (TPSA) is 38.7 Å². The highest BCUT2D eigenvalue weighted by Gasteiger charge is 2.25. The van der Waals surface area contributed by atoms with E-state index in [2.05, 4.69) is 4.99 Å². The van der Waals surface area contributed by atoms with Gasteiger partial charge in [-0.15, -0.1) is 22.7 Å². The molecule has 0 N–H and O–H groups in total. The molecule has 5 heteroatoms. The van der Waals surface area contributed by atoms with Crippen LogP contribution >= 0.6 is 22.7 Å². The Morgan fingerprint density at radius 1 is 1.43 bits per heavy atom. The lowest BCUT2D eigenvalue weighted by Crippen LogP contribution is -2.09. The molecule has 0 fully saturated rings. The molecule has 0 spiro atoms. The van der Waals surface area contributed by atoms with Gasteiger partial charge in [-0.3, -0.25) is 0 Å². The Kier molecular flexibility index (Phi) is 4.51. The maximum Gasteiger partial charge on any atom is 0.341 e. The van der Waals surface area contributed by atoms with Gasteiger partial charge in [-0.2, -0.15) is 0 Å². The standard InChI is InChI=1S/C16H17NO2S2/c1-2-19-16(18)14-12-7-3-4-8-13(12)21-15(14)17-10-11-6-5-9-20-11/h5-6,9-10H,2-4,7-8H2,1H3/b17-10+. The minimum absolute atomic E-state index is 0.227. The van der Waals surface area contributed by atoms with E-state index >= 15 is 0 Å². The highest BCUT2D eigenvalue weighted by Crippen LogP contribution is 2.40. The number of aryl methyl sites for hydroxylation is 1. The lowest BCUT2D eigenvalue weighted by Gasteiger charge is -2.11. The summed E-state index contributed by atoms with van der Waals surface area (Å²) in [6.45, 7) is 2.24. The Morgan fingerprint density at radius 3 is 3.05 bits per heavy atom. The molecule has 0 aromatic carbocycles. The number of thiophene rings is 2. The van der Waals surface area contributed by atoms with E-state index in [4.69, 9.17) is 4.74 Å². The monoisotopic (exact) mass is 319 g/mol. The summed E-state index contributed by atoms with van der Waals surface area (Å²) in [4.78, 5) is 19.2. The van der Waals surface area contributed by atoms with Gasteiger partial charge in [-0.1, -0.05) is 6.07 Å². The maximum absolute atomic E-state index is 12.3. The van der Waals surface area contributed by atoms with Crippen molar-refractivity contribution in [3.8, 4) is 0 Å². The Labute approximate surface area is 132 Å². The molecule has 0 amide bonds. The summed E-state index contributed by atoms with van der Waals surface area (Å²) in [5.74, 6) is -0.227.